The lowest BCUT2D eigenvalue weighted by molar-refractivity contribution is -0.385. The molecule has 206 valence electrons. The molecule has 39 heavy (non-hydrogen) atoms. The van der Waals surface area contributed by atoms with Crippen LogP contribution in [0.5, 0.6) is 0 Å². The lowest BCUT2D eigenvalue weighted by Crippen LogP contribution is -2.35. The van der Waals surface area contributed by atoms with Crippen LogP contribution in [-0.2, 0) is 14.3 Å². The summed E-state index contributed by atoms with van der Waals surface area (Å²) in [6.07, 6.45) is 5.74. The number of aliphatic hydroxyl groups is 1. The van der Waals surface area contributed by atoms with E-state index >= 15 is 0 Å². The van der Waals surface area contributed by atoms with Crippen molar-refractivity contribution in [1.29, 1.82) is 0 Å². The molecule has 2 aromatic heterocycles. The number of ether oxygens (including phenoxy) is 2. The number of benzene rings is 1. The first-order valence-corrected chi connectivity index (χ1v) is 12.7. The molecule has 1 aliphatic rings. The first kappa shape index (κ1) is 27.7. The predicted octanol–water partition coefficient (Wildman–Crippen LogP) is 3.34. The fourth-order valence-electron chi connectivity index (χ4n) is 4.38. The van der Waals surface area contributed by atoms with Crippen LogP contribution >= 0.6 is 0 Å². The lowest BCUT2D eigenvalue weighted by atomic mass is 9.92. The zero-order valence-electron chi connectivity index (χ0n) is 21.5. The minimum absolute atomic E-state index is 0.0685. The molecular formula is C27H31N5O7. The highest BCUT2D eigenvalue weighted by molar-refractivity contribution is 5.95. The average molecular weight is 538 g/mol. The number of rotatable bonds is 12. The van der Waals surface area contributed by atoms with Gasteiger partial charge in [0, 0.05) is 56.6 Å². The minimum Gasteiger partial charge on any atom is -0.459 e. The Hall–Kier alpha value is -4.29. The van der Waals surface area contributed by atoms with Crippen LogP contribution in [0.2, 0.25) is 0 Å². The molecule has 0 saturated heterocycles. The quantitative estimate of drug-likeness (QED) is 0.179. The first-order valence-electron chi connectivity index (χ1n) is 12.7. The van der Waals surface area contributed by atoms with Gasteiger partial charge in [-0.05, 0) is 36.6 Å². The Morgan fingerprint density at radius 3 is 2.77 bits per heavy atom. The smallest absolute Gasteiger partial charge is 0.287 e. The van der Waals surface area contributed by atoms with Crippen molar-refractivity contribution in [1.82, 2.24) is 14.9 Å². The molecule has 0 fully saturated rings. The van der Waals surface area contributed by atoms with Crippen LogP contribution in [0.15, 0.2) is 60.6 Å². The monoisotopic (exact) mass is 537 g/mol. The van der Waals surface area contributed by atoms with E-state index in [0.29, 0.717) is 38.2 Å². The number of aromatic nitrogens is 2. The van der Waals surface area contributed by atoms with Crippen molar-refractivity contribution in [2.45, 2.75) is 38.4 Å². The number of nitro groups is 1. The number of aliphatic hydroxyl groups excluding tert-OH is 1. The Labute approximate surface area is 224 Å². The van der Waals surface area contributed by atoms with Gasteiger partial charge in [0.1, 0.15) is 12.0 Å². The zero-order chi connectivity index (χ0) is 27.8. The van der Waals surface area contributed by atoms with Gasteiger partial charge < -0.3 is 25.2 Å². The van der Waals surface area contributed by atoms with Gasteiger partial charge in [-0.3, -0.25) is 24.3 Å². The fraction of sp³-hybridized carbons (Fsp3) is 0.370. The van der Waals surface area contributed by atoms with Crippen molar-refractivity contribution in [3.05, 3.63) is 76.3 Å². The van der Waals surface area contributed by atoms with Gasteiger partial charge in [-0.2, -0.15) is 0 Å². The fourth-order valence-corrected chi connectivity index (χ4v) is 4.38. The molecule has 1 amide bonds. The van der Waals surface area contributed by atoms with Gasteiger partial charge in [-0.15, -0.1) is 0 Å². The normalized spacial score (nSPS) is 16.8. The molecule has 3 aromatic rings. The number of hydrogen-bond acceptors (Lipinski definition) is 9. The molecule has 3 N–H and O–H groups in total. The Morgan fingerprint density at radius 2 is 2.05 bits per heavy atom. The summed E-state index contributed by atoms with van der Waals surface area (Å²) >= 11 is 0. The number of carbonyl (C=O) groups is 2. The average Bonchev–Trinajstić information content (AvgIpc) is 3.34. The van der Waals surface area contributed by atoms with E-state index in [2.05, 4.69) is 15.6 Å². The van der Waals surface area contributed by atoms with Crippen LogP contribution in [0.25, 0.3) is 10.9 Å². The van der Waals surface area contributed by atoms with E-state index in [4.69, 9.17) is 14.6 Å². The molecule has 0 aliphatic carbocycles. The Balaban J connectivity index is 1.46. The maximum Gasteiger partial charge on any atom is 0.287 e. The molecule has 0 bridgehead atoms. The van der Waals surface area contributed by atoms with E-state index in [-0.39, 0.29) is 36.4 Å². The Morgan fingerprint density at radius 1 is 1.23 bits per heavy atom. The van der Waals surface area contributed by atoms with E-state index in [9.17, 15) is 19.7 Å². The Bertz CT molecular complexity index is 1350. The number of pyridine rings is 1. The lowest BCUT2D eigenvalue weighted by Gasteiger charge is -2.29. The van der Waals surface area contributed by atoms with Crippen LogP contribution < -0.4 is 10.6 Å². The van der Waals surface area contributed by atoms with Crippen molar-refractivity contribution in [3.8, 4) is 0 Å². The summed E-state index contributed by atoms with van der Waals surface area (Å²) in [6, 6.07) is 10.4. The molecule has 2 atom stereocenters. The van der Waals surface area contributed by atoms with Gasteiger partial charge in [0.05, 0.1) is 17.0 Å². The highest BCUT2D eigenvalue weighted by Crippen LogP contribution is 2.36. The third kappa shape index (κ3) is 6.98. The number of allylic oxidation sites excluding steroid dienone is 1. The van der Waals surface area contributed by atoms with E-state index in [1.807, 2.05) is 24.3 Å². The molecule has 12 heteroatoms. The summed E-state index contributed by atoms with van der Waals surface area (Å²) in [5.74, 6) is -0.209. The molecule has 0 unspecified atom stereocenters. The maximum atomic E-state index is 13.0. The number of nitrogens with zero attached hydrogens (tertiary/aromatic N) is 3. The number of nitrogens with one attached hydrogen (secondary N) is 2. The number of anilines is 1. The first-order chi connectivity index (χ1) is 18.9. The number of carbonyl (C=O) groups excluding carboxylic acids is 2. The number of unbranched alkanes of at least 4 members (excludes halogenated alkanes) is 1. The van der Waals surface area contributed by atoms with Gasteiger partial charge in [-0.25, -0.2) is 4.98 Å². The zero-order valence-corrected chi connectivity index (χ0v) is 21.5. The second-order valence-electron chi connectivity index (χ2n) is 9.05. The number of hydrogen-bond donors (Lipinski definition) is 3. The van der Waals surface area contributed by atoms with Gasteiger partial charge in [0.2, 0.25) is 12.2 Å². The van der Waals surface area contributed by atoms with Crippen molar-refractivity contribution in [3.63, 3.8) is 0 Å². The van der Waals surface area contributed by atoms with Crippen molar-refractivity contribution in [2.75, 3.05) is 31.6 Å². The molecule has 0 saturated carbocycles. The van der Waals surface area contributed by atoms with Crippen LogP contribution in [0, 0.1) is 10.1 Å². The minimum atomic E-state index is -0.679. The maximum absolute atomic E-state index is 13.0. The van der Waals surface area contributed by atoms with Crippen molar-refractivity contribution >= 4 is 34.2 Å². The summed E-state index contributed by atoms with van der Waals surface area (Å²) in [5.41, 5.74) is 1.57. The van der Waals surface area contributed by atoms with Crippen molar-refractivity contribution in [2.24, 2.45) is 0 Å². The van der Waals surface area contributed by atoms with E-state index in [0.717, 1.165) is 22.7 Å². The molecule has 1 aromatic carbocycles. The summed E-state index contributed by atoms with van der Waals surface area (Å²) in [7, 11) is 0. The van der Waals surface area contributed by atoms with Gasteiger partial charge in [-0.1, -0.05) is 18.2 Å². The number of para-hydroxylation sites is 1. The molecule has 0 spiro atoms. The standard InChI is InChI=1S/C27H31N5O7/c1-18(34)31-17-22(21-6-2-3-7-23(21)31)19-14-24(39-26(15-19)38-13-5-4-12-33)27(35)29-11-10-28-25-9-8-20(16-30-25)32(36)37/h2-3,6-9,14,16-17,19,26,33H,4-5,10-13,15H2,1H3,(H,28,30)(H,29,35)/t19-,26+/m0/s1. The highest BCUT2D eigenvalue weighted by atomic mass is 16.7. The van der Waals surface area contributed by atoms with Gasteiger partial charge >= 0.3 is 0 Å². The third-order valence-electron chi connectivity index (χ3n) is 6.29. The molecule has 0 radical (unpaired) electrons. The topological polar surface area (TPSA) is 158 Å². The number of fused-ring (bicyclic) bond motifs is 1. The molecule has 1 aliphatic heterocycles. The van der Waals surface area contributed by atoms with Crippen molar-refractivity contribution < 1.29 is 29.1 Å². The van der Waals surface area contributed by atoms with Crippen LogP contribution in [0.1, 0.15) is 42.5 Å². The van der Waals surface area contributed by atoms with Crippen LogP contribution in [-0.4, -0.2) is 64.0 Å². The van der Waals surface area contributed by atoms with E-state index < -0.39 is 17.1 Å². The predicted molar refractivity (Wildman–Crippen MR) is 143 cm³/mol. The van der Waals surface area contributed by atoms with Crippen LogP contribution in [0.3, 0.4) is 0 Å². The summed E-state index contributed by atoms with van der Waals surface area (Å²) in [6.45, 7) is 2.52. The van der Waals surface area contributed by atoms with Gasteiger partial charge in [0.15, 0.2) is 5.76 Å². The molecular weight excluding hydrogens is 506 g/mol. The third-order valence-corrected chi connectivity index (χ3v) is 6.29. The van der Waals surface area contributed by atoms with E-state index in [1.165, 1.54) is 19.1 Å². The second-order valence-corrected chi connectivity index (χ2v) is 9.05. The molecule has 12 nitrogen and oxygen atoms in total. The second kappa shape index (κ2) is 13.0. The van der Waals surface area contributed by atoms with Crippen LogP contribution in [0.4, 0.5) is 11.5 Å². The summed E-state index contributed by atoms with van der Waals surface area (Å²) < 4.78 is 13.4. The SMILES string of the molecule is CC(=O)n1cc([C@H]2C=C(C(=O)NCCNc3ccc([N+](=O)[O-])cn3)O[C@@H](OCCCCO)C2)c2ccccc21. The summed E-state index contributed by atoms with van der Waals surface area (Å²) in [5, 5.41) is 26.5. The summed E-state index contributed by atoms with van der Waals surface area (Å²) in [4.78, 5) is 39.5. The van der Waals surface area contributed by atoms with E-state index in [1.54, 1.807) is 16.8 Å². The molecule has 3 heterocycles. The molecule has 4 rings (SSSR count). The number of amides is 1. The Kier molecular flexibility index (Phi) is 9.23. The van der Waals surface area contributed by atoms with Gasteiger partial charge in [0.25, 0.3) is 11.6 Å². The highest BCUT2D eigenvalue weighted by Gasteiger charge is 2.30. The largest absolute Gasteiger partial charge is 0.459 e.